The van der Waals surface area contributed by atoms with Crippen molar-refractivity contribution in [3.8, 4) is 39.3 Å². The Labute approximate surface area is 233 Å². The molecule has 1 aromatic heterocycles. The summed E-state index contributed by atoms with van der Waals surface area (Å²) in [5, 5.41) is 9.51. The Kier molecular flexibility index (Phi) is 7.15. The molecule has 8 nitrogen and oxygen atoms in total. The quantitative estimate of drug-likeness (QED) is 0.239. The molecular weight excluding hydrogens is 524 g/mol. The minimum absolute atomic E-state index is 0.0754. The molecule has 9 heteroatoms. The highest BCUT2D eigenvalue weighted by atomic mass is 32.2. The minimum atomic E-state index is -4.29. The molecule has 0 bridgehead atoms. The van der Waals surface area contributed by atoms with Crippen molar-refractivity contribution in [2.75, 3.05) is 12.3 Å². The highest BCUT2D eigenvalue weighted by Gasteiger charge is 2.30. The van der Waals surface area contributed by atoms with Crippen molar-refractivity contribution in [1.82, 2.24) is 13.9 Å². The third-order valence-corrected chi connectivity index (χ3v) is 8.54. The van der Waals surface area contributed by atoms with Crippen LogP contribution < -0.4 is 5.73 Å². The summed E-state index contributed by atoms with van der Waals surface area (Å²) in [7, 11) is -4.29. The lowest BCUT2D eigenvalue weighted by Crippen LogP contribution is -2.35. The second-order valence-corrected chi connectivity index (χ2v) is 11.1. The number of carbonyl (C=O) groups is 1. The third kappa shape index (κ3) is 4.83. The van der Waals surface area contributed by atoms with Gasteiger partial charge in [-0.05, 0) is 37.6 Å². The average molecular weight is 553 g/mol. The lowest BCUT2D eigenvalue weighted by Gasteiger charge is -2.20. The molecule has 202 valence electrons. The predicted octanol–water partition coefficient (Wildman–Crippen LogP) is 6.45. The third-order valence-electron chi connectivity index (χ3n) is 6.64. The fourth-order valence-electron chi connectivity index (χ4n) is 4.77. The van der Waals surface area contributed by atoms with E-state index in [0.717, 1.165) is 33.8 Å². The van der Waals surface area contributed by atoms with Crippen molar-refractivity contribution < 1.29 is 18.3 Å². The Balaban J connectivity index is 1.65. The number of hydrogen-bond acceptors (Lipinski definition) is 5. The number of anilines is 1. The molecule has 0 saturated heterocycles. The molecule has 5 rings (SSSR count). The van der Waals surface area contributed by atoms with Crippen LogP contribution in [0.2, 0.25) is 0 Å². The molecule has 0 aliphatic carbocycles. The highest BCUT2D eigenvalue weighted by molar-refractivity contribution is 7.89. The van der Waals surface area contributed by atoms with Crippen molar-refractivity contribution in [2.24, 2.45) is 0 Å². The molecule has 4 aromatic carbocycles. The molecule has 3 N–H and O–H groups in total. The maximum atomic E-state index is 13.3. The van der Waals surface area contributed by atoms with Gasteiger partial charge in [-0.25, -0.2) is 22.5 Å². The molecule has 0 fully saturated rings. The number of nitrogen functional groups attached to an aromatic ring is 1. The first-order valence-electron chi connectivity index (χ1n) is 12.7. The van der Waals surface area contributed by atoms with E-state index in [4.69, 9.17) is 10.7 Å². The number of benzene rings is 4. The number of amides is 1. The van der Waals surface area contributed by atoms with Gasteiger partial charge < -0.3 is 10.8 Å². The van der Waals surface area contributed by atoms with Gasteiger partial charge in [0, 0.05) is 28.9 Å². The van der Waals surface area contributed by atoms with Crippen molar-refractivity contribution >= 4 is 22.1 Å². The summed E-state index contributed by atoms with van der Waals surface area (Å²) in [4.78, 5) is 16.3. The number of rotatable bonds is 7. The van der Waals surface area contributed by atoms with Crippen LogP contribution in [0.5, 0.6) is 0 Å². The van der Waals surface area contributed by atoms with E-state index in [1.54, 1.807) is 24.3 Å². The Morgan fingerprint density at radius 3 is 2.05 bits per heavy atom. The van der Waals surface area contributed by atoms with E-state index >= 15 is 0 Å². The van der Waals surface area contributed by atoms with Crippen LogP contribution in [0.3, 0.4) is 0 Å². The van der Waals surface area contributed by atoms with Crippen LogP contribution in [0.4, 0.5) is 10.7 Å². The van der Waals surface area contributed by atoms with Crippen LogP contribution >= 0.6 is 0 Å². The average Bonchev–Trinajstić information content (AvgIpc) is 3.31. The molecule has 5 aromatic rings. The van der Waals surface area contributed by atoms with Gasteiger partial charge in [-0.2, -0.15) is 0 Å². The van der Waals surface area contributed by atoms with E-state index in [0.29, 0.717) is 21.4 Å². The first-order valence-corrected chi connectivity index (χ1v) is 14.1. The molecule has 0 saturated carbocycles. The van der Waals surface area contributed by atoms with Crippen LogP contribution in [-0.4, -0.2) is 40.0 Å². The number of sulfonamides is 1. The summed E-state index contributed by atoms with van der Waals surface area (Å²) >= 11 is 0. The molecule has 0 spiro atoms. The van der Waals surface area contributed by atoms with E-state index in [9.17, 15) is 18.3 Å². The van der Waals surface area contributed by atoms with Crippen molar-refractivity contribution in [1.29, 1.82) is 0 Å². The first kappa shape index (κ1) is 26.7. The van der Waals surface area contributed by atoms with Crippen LogP contribution in [0.1, 0.15) is 12.5 Å². The number of nitrogens with two attached hydrogens (primary N) is 1. The summed E-state index contributed by atoms with van der Waals surface area (Å²) in [5.41, 5.74) is 12.5. The van der Waals surface area contributed by atoms with Crippen LogP contribution in [0.15, 0.2) is 108 Å². The lowest BCUT2D eigenvalue weighted by atomic mass is 10.0. The molecule has 0 aliphatic heterocycles. The monoisotopic (exact) mass is 552 g/mol. The summed E-state index contributed by atoms with van der Waals surface area (Å²) in [5.74, 6) is 0.310. The van der Waals surface area contributed by atoms with Gasteiger partial charge in [0.1, 0.15) is 0 Å². The lowest BCUT2D eigenvalue weighted by molar-refractivity contribution is 0.173. The van der Waals surface area contributed by atoms with Gasteiger partial charge in [0.05, 0.1) is 16.3 Å². The summed E-state index contributed by atoms with van der Waals surface area (Å²) in [6, 6.07) is 31.8. The minimum Gasteiger partial charge on any atom is -0.464 e. The molecule has 1 heterocycles. The molecule has 0 aliphatic rings. The van der Waals surface area contributed by atoms with E-state index < -0.39 is 16.1 Å². The van der Waals surface area contributed by atoms with Gasteiger partial charge in [0.25, 0.3) is 10.0 Å². The molecule has 1 amide bonds. The van der Waals surface area contributed by atoms with Crippen molar-refractivity contribution in [3.63, 3.8) is 0 Å². The van der Waals surface area contributed by atoms with E-state index in [1.165, 1.54) is 13.0 Å². The zero-order chi connectivity index (χ0) is 28.4. The number of carboxylic acid groups (broad SMARTS) is 1. The summed E-state index contributed by atoms with van der Waals surface area (Å²) in [6.07, 6.45) is -1.53. The molecular formula is C31H28N4O4S. The Bertz CT molecular complexity index is 1780. The molecule has 0 unspecified atom stereocenters. The number of nitrogens with zero attached hydrogens (tertiary/aromatic N) is 3. The Morgan fingerprint density at radius 1 is 0.875 bits per heavy atom. The number of aryl methyl sites for hydroxylation is 1. The zero-order valence-electron chi connectivity index (χ0n) is 22.0. The smallest absolute Gasteiger partial charge is 0.421 e. The van der Waals surface area contributed by atoms with Gasteiger partial charge in [-0.1, -0.05) is 90.5 Å². The van der Waals surface area contributed by atoms with E-state index in [-0.39, 0.29) is 11.4 Å². The Hall–Kier alpha value is -4.89. The van der Waals surface area contributed by atoms with Crippen molar-refractivity contribution in [2.45, 2.75) is 18.7 Å². The maximum Gasteiger partial charge on any atom is 0.421 e. The van der Waals surface area contributed by atoms with E-state index in [1.807, 2.05) is 84.3 Å². The zero-order valence-corrected chi connectivity index (χ0v) is 22.8. The summed E-state index contributed by atoms with van der Waals surface area (Å²) in [6.45, 7) is 3.14. The molecule has 0 atom stereocenters. The van der Waals surface area contributed by atoms with Gasteiger partial charge in [-0.15, -0.1) is 0 Å². The molecule has 40 heavy (non-hydrogen) atoms. The van der Waals surface area contributed by atoms with Crippen LogP contribution in [-0.2, 0) is 10.0 Å². The van der Waals surface area contributed by atoms with Gasteiger partial charge >= 0.3 is 6.09 Å². The SMILES string of the molecule is CCN(C(=O)O)S(=O)(=O)c1ccc(C)cc1-c1ccc(-n2c(N)nc(-c3ccccc3)c2-c2ccccc2)cc1. The highest BCUT2D eigenvalue weighted by Crippen LogP contribution is 2.37. The van der Waals surface area contributed by atoms with Crippen LogP contribution in [0, 0.1) is 6.92 Å². The van der Waals surface area contributed by atoms with Gasteiger partial charge in [-0.3, -0.25) is 4.57 Å². The van der Waals surface area contributed by atoms with Crippen LogP contribution in [0.25, 0.3) is 39.3 Å². The molecule has 0 radical (unpaired) electrons. The fourth-order valence-corrected chi connectivity index (χ4v) is 6.25. The van der Waals surface area contributed by atoms with E-state index in [2.05, 4.69) is 0 Å². The predicted molar refractivity (Wildman–Crippen MR) is 157 cm³/mol. The van der Waals surface area contributed by atoms with Gasteiger partial charge in [0.2, 0.25) is 5.95 Å². The summed E-state index contributed by atoms with van der Waals surface area (Å²) < 4.78 is 28.9. The largest absolute Gasteiger partial charge is 0.464 e. The number of imidazole rings is 1. The standard InChI is InChI=1S/C31H28N4O4S/c1-3-34(31(36)37)40(38,39)27-19-14-21(2)20-26(27)22-15-17-25(18-16-22)35-29(24-12-8-5-9-13-24)28(33-30(35)32)23-10-6-4-7-11-23/h4-20H,3H2,1-2H3,(H2,32,33)(H,36,37). The fraction of sp³-hybridized carbons (Fsp3) is 0.0968. The number of aromatic nitrogens is 2. The first-order chi connectivity index (χ1) is 19.2. The normalized spacial score (nSPS) is 11.3. The second kappa shape index (κ2) is 10.7. The Morgan fingerprint density at radius 2 is 1.48 bits per heavy atom. The topological polar surface area (TPSA) is 119 Å². The number of hydrogen-bond donors (Lipinski definition) is 2. The van der Waals surface area contributed by atoms with Crippen molar-refractivity contribution in [3.05, 3.63) is 109 Å². The second-order valence-electron chi connectivity index (χ2n) is 9.23. The maximum absolute atomic E-state index is 13.3. The van der Waals surface area contributed by atoms with Gasteiger partial charge in [0.15, 0.2) is 0 Å².